The highest BCUT2D eigenvalue weighted by Gasteiger charge is 2.31. The first kappa shape index (κ1) is 20.2. The number of likely N-dealkylation sites (tertiary alicyclic amines) is 1. The Bertz CT molecular complexity index is 3020. The molecule has 6 rings (SSSR count). The number of methoxy groups -OCH3 is 1. The Morgan fingerprint density at radius 2 is 1.75 bits per heavy atom. The van der Waals surface area contributed by atoms with Crippen molar-refractivity contribution in [2.24, 2.45) is 0 Å². The van der Waals surface area contributed by atoms with Crippen molar-refractivity contribution in [3.05, 3.63) is 135 Å². The molecule has 0 saturated carbocycles. The number of carbonyl (C=O) groups excluding carboxylic acids is 1. The SMILES string of the molecule is [2H]c1c(C)c([2H])c2c(=O)c([2H])c(SCc3cccc(F)c3F)n(C([2H])([2H])C(=O)N(Cc3ccc(-c4ccc(C(F)(F)F)cc4)cc3)C3([2H])C([2H])([2H])C([2H])([2H])N(CC([2H])([2H])OC([2H])([2H])[2H])C([2H])([2H])C3([2H])[2H])c2c1[2H]. The van der Waals surface area contributed by atoms with E-state index in [0.29, 0.717) is 0 Å². The van der Waals surface area contributed by atoms with E-state index in [1.165, 1.54) is 12.1 Å². The third kappa shape index (κ3) is 9.17. The van der Waals surface area contributed by atoms with Crippen LogP contribution in [0, 0.1) is 18.6 Å². The zero-order valence-electron chi connectivity index (χ0n) is 47.3. The van der Waals surface area contributed by atoms with Gasteiger partial charge in [0.15, 0.2) is 17.1 Å². The van der Waals surface area contributed by atoms with Crippen LogP contribution in [0.25, 0.3) is 22.0 Å². The molecule has 1 aliphatic rings. The summed E-state index contributed by atoms with van der Waals surface area (Å²) in [5.41, 5.74) is -4.26. The Hall–Kier alpha value is -4.52. The zero-order chi connectivity index (χ0) is 55.4. The smallest absolute Gasteiger partial charge is 0.383 e. The molecule has 5 aromatic rings. The molecule has 0 bridgehead atoms. The maximum absolute atomic E-state index is 15.6. The molecule has 1 amide bonds. The van der Waals surface area contributed by atoms with Crippen molar-refractivity contribution in [1.82, 2.24) is 14.4 Å². The molecular formula is C41H40F5N3O3S. The van der Waals surface area contributed by atoms with E-state index in [9.17, 15) is 32.0 Å². The average Bonchev–Trinajstić information content (AvgIpc) is 3.28. The van der Waals surface area contributed by atoms with Gasteiger partial charge in [0.05, 0.1) is 39.1 Å². The summed E-state index contributed by atoms with van der Waals surface area (Å²) in [5, 5.41) is -1.95. The molecule has 1 saturated heterocycles. The number of hydrogen-bond donors (Lipinski definition) is 0. The van der Waals surface area contributed by atoms with Crippen LogP contribution in [-0.4, -0.2) is 59.4 Å². The lowest BCUT2D eigenvalue weighted by Gasteiger charge is -2.39. The zero-order valence-corrected chi connectivity index (χ0v) is 28.2. The van der Waals surface area contributed by atoms with Gasteiger partial charge in [0, 0.05) is 72.9 Å². The van der Waals surface area contributed by atoms with E-state index in [1.807, 2.05) is 0 Å². The molecule has 0 N–H and O–H groups in total. The predicted molar refractivity (Wildman–Crippen MR) is 198 cm³/mol. The Morgan fingerprint density at radius 1 is 1.06 bits per heavy atom. The number of benzene rings is 4. The van der Waals surface area contributed by atoms with Crippen LogP contribution in [-0.2, 0) is 34.5 Å². The number of fused-ring (bicyclic) bond motifs is 1. The van der Waals surface area contributed by atoms with Crippen molar-refractivity contribution < 1.29 is 58.9 Å². The van der Waals surface area contributed by atoms with E-state index in [-0.39, 0.29) is 43.5 Å². The average molecular weight is 770 g/mol. The van der Waals surface area contributed by atoms with Crippen LogP contribution in [0.3, 0.4) is 0 Å². The summed E-state index contributed by atoms with van der Waals surface area (Å²) in [6.45, 7) is -18.5. The Kier molecular flexibility index (Phi) is 6.36. The molecule has 0 atom stereocenters. The molecule has 0 aliphatic carbocycles. The van der Waals surface area contributed by atoms with Crippen molar-refractivity contribution in [1.29, 1.82) is 0 Å². The van der Waals surface area contributed by atoms with Crippen molar-refractivity contribution >= 4 is 28.6 Å². The lowest BCUT2D eigenvalue weighted by Crippen LogP contribution is -2.48. The van der Waals surface area contributed by atoms with Crippen LogP contribution >= 0.6 is 11.8 Å². The van der Waals surface area contributed by atoms with E-state index in [0.717, 1.165) is 61.5 Å². The molecule has 0 unspecified atom stereocenters. The van der Waals surface area contributed by atoms with Gasteiger partial charge in [-0.25, -0.2) is 8.78 Å². The van der Waals surface area contributed by atoms with Gasteiger partial charge in [0.1, 0.15) is 6.50 Å². The van der Waals surface area contributed by atoms with Gasteiger partial charge in [-0.15, -0.1) is 11.8 Å². The van der Waals surface area contributed by atoms with E-state index in [1.54, 1.807) is 0 Å². The van der Waals surface area contributed by atoms with Crippen LogP contribution in [0.4, 0.5) is 22.0 Å². The number of pyridine rings is 1. The fraction of sp³-hybridized carbons (Fsp3) is 0.317. The first-order valence-corrected chi connectivity index (χ1v) is 16.4. The molecule has 1 aromatic heterocycles. The molecule has 6 nitrogen and oxygen atoms in total. The van der Waals surface area contributed by atoms with Gasteiger partial charge in [0.25, 0.3) is 0 Å². The molecule has 12 heteroatoms. The number of piperidine rings is 1. The normalized spacial score (nSPS) is 24.9. The summed E-state index contributed by atoms with van der Waals surface area (Å²) in [6.07, 6.45) is -13.5. The number of aromatic nitrogens is 1. The number of carbonyl (C=O) groups is 1. The van der Waals surface area contributed by atoms with E-state index >= 15 is 9.18 Å². The molecule has 0 spiro atoms. The van der Waals surface area contributed by atoms with Crippen molar-refractivity contribution in [2.45, 2.75) is 55.7 Å². The van der Waals surface area contributed by atoms with Crippen LogP contribution < -0.4 is 5.43 Å². The maximum Gasteiger partial charge on any atom is 0.416 e. The highest BCUT2D eigenvalue weighted by atomic mass is 32.2. The number of nitrogens with zero attached hydrogens (tertiary/aromatic N) is 3. The van der Waals surface area contributed by atoms with Crippen molar-refractivity contribution in [3.63, 3.8) is 0 Å². The summed E-state index contributed by atoms with van der Waals surface area (Å²) in [6, 6.07) is 2.69. The summed E-state index contributed by atoms with van der Waals surface area (Å²) in [7, 11) is -3.60. The predicted octanol–water partition coefficient (Wildman–Crippen LogP) is 8.71. The minimum Gasteiger partial charge on any atom is -0.383 e. The second-order valence-electron chi connectivity index (χ2n) is 11.2. The molecule has 4 aromatic carbocycles. The lowest BCUT2D eigenvalue weighted by atomic mass is 10.00. The van der Waals surface area contributed by atoms with E-state index in [2.05, 4.69) is 4.74 Å². The molecular weight excluding hydrogens is 710 g/mol. The fourth-order valence-electron chi connectivity index (χ4n) is 5.01. The minimum absolute atomic E-state index is 0.0996. The highest BCUT2D eigenvalue weighted by Crippen LogP contribution is 2.32. The molecule has 0 radical (unpaired) electrons. The van der Waals surface area contributed by atoms with Crippen LogP contribution in [0.1, 0.15) is 62.4 Å². The first-order chi connectivity index (χ1) is 33.1. The van der Waals surface area contributed by atoms with E-state index < -0.39 is 156 Å². The summed E-state index contributed by atoms with van der Waals surface area (Å²) in [5.74, 6) is -5.92. The van der Waals surface area contributed by atoms with Gasteiger partial charge in [-0.05, 0) is 66.6 Å². The van der Waals surface area contributed by atoms with Crippen LogP contribution in [0.2, 0.25) is 0 Å². The third-order valence-electron chi connectivity index (χ3n) is 7.66. The van der Waals surface area contributed by atoms with Gasteiger partial charge in [-0.3, -0.25) is 9.59 Å². The summed E-state index contributed by atoms with van der Waals surface area (Å²) >= 11 is 0.189. The van der Waals surface area contributed by atoms with Gasteiger partial charge in [0.2, 0.25) is 5.91 Å². The Morgan fingerprint density at radius 3 is 2.43 bits per heavy atom. The van der Waals surface area contributed by atoms with Gasteiger partial charge < -0.3 is 19.1 Å². The van der Waals surface area contributed by atoms with E-state index in [4.69, 9.17) is 17.8 Å². The quantitative estimate of drug-likeness (QED) is 0.0940. The fourth-order valence-corrected chi connectivity index (χ4v) is 5.96. The second-order valence-corrected chi connectivity index (χ2v) is 12.2. The highest BCUT2D eigenvalue weighted by molar-refractivity contribution is 7.98. The number of amides is 1. The van der Waals surface area contributed by atoms with Crippen molar-refractivity contribution in [2.75, 3.05) is 33.1 Å². The number of thioether (sulfide) groups is 1. The third-order valence-corrected chi connectivity index (χ3v) is 8.68. The lowest BCUT2D eigenvalue weighted by molar-refractivity contribution is -0.137. The molecule has 2 heterocycles. The number of alkyl halides is 3. The van der Waals surface area contributed by atoms with Crippen LogP contribution in [0.5, 0.6) is 0 Å². The largest absolute Gasteiger partial charge is 0.416 e. The Balaban J connectivity index is 1.65. The second kappa shape index (κ2) is 16.7. The number of halogens is 5. The standard InChI is InChI=1S/C41H40F5N3O3S/c1-27-6-15-36-34(22-27)37(50)23-39(53-26-31-4-3-5-35(42)40(31)43)49(36)25-38(51)48(33-16-18-47(19-17-33)20-21-52-2)24-28-7-9-29(10-8-28)30-11-13-32(14-12-30)41(44,45)46/h3-15,22-23,33H,16-21,24-26H2,1-2H3/i2D3,6D,15D,16D2,17D2,18D2,19D2,21D2,22D,23D,25D2,33D. The summed E-state index contributed by atoms with van der Waals surface area (Å²) in [4.78, 5) is 28.9. The minimum atomic E-state index is -4.71. The molecule has 278 valence electrons. The monoisotopic (exact) mass is 769 g/mol. The Labute approximate surface area is 337 Å². The van der Waals surface area contributed by atoms with Gasteiger partial charge in [-0.2, -0.15) is 13.2 Å². The first-order valence-electron chi connectivity index (χ1n) is 25.4. The molecule has 1 aliphatic heterocycles. The number of rotatable bonds is 12. The molecule has 53 heavy (non-hydrogen) atoms. The van der Waals surface area contributed by atoms with Gasteiger partial charge in [-0.1, -0.05) is 60.1 Å². The van der Waals surface area contributed by atoms with Crippen molar-refractivity contribution in [3.8, 4) is 11.1 Å². The number of ether oxygens (including phenoxy) is 1. The van der Waals surface area contributed by atoms with Crippen LogP contribution in [0.15, 0.2) is 101 Å². The molecule has 1 fully saturated rings. The van der Waals surface area contributed by atoms with Gasteiger partial charge >= 0.3 is 6.18 Å². The number of hydrogen-bond acceptors (Lipinski definition) is 5. The topological polar surface area (TPSA) is 54.8 Å². The maximum atomic E-state index is 15.6. The summed E-state index contributed by atoms with van der Waals surface area (Å²) < 4.78 is 249.